The van der Waals surface area contributed by atoms with E-state index in [1.807, 2.05) is 0 Å². The predicted octanol–water partition coefficient (Wildman–Crippen LogP) is 2.94. The molecule has 4 bridgehead atoms. The molecule has 6 aliphatic rings. The van der Waals surface area contributed by atoms with Gasteiger partial charge in [0.15, 0.2) is 0 Å². The quantitative estimate of drug-likeness (QED) is 0.666. The fourth-order valence-corrected chi connectivity index (χ4v) is 4.43. The molecule has 0 radical (unpaired) electrons. The highest BCUT2D eigenvalue weighted by atomic mass is 16.1. The highest BCUT2D eigenvalue weighted by Gasteiger charge is 2.61. The van der Waals surface area contributed by atoms with Crippen LogP contribution in [0.5, 0.6) is 0 Å². The first-order valence-corrected chi connectivity index (χ1v) is 6.23. The number of rotatable bonds is 4. The highest BCUT2D eigenvalue weighted by Crippen LogP contribution is 2.68. The Hall–Kier alpha value is -0.330. The van der Waals surface area contributed by atoms with E-state index in [9.17, 15) is 4.79 Å². The van der Waals surface area contributed by atoms with E-state index in [4.69, 9.17) is 0 Å². The standard InChI is InChI=1S/C13H18O/c14-11(13-6-10(7-13)8-13)1-2-12-3-9(4-12)5-12/h9-10H,1-8H2. The van der Waals surface area contributed by atoms with Crippen LogP contribution in [-0.4, -0.2) is 5.78 Å². The number of carbonyl (C=O) groups is 1. The molecule has 0 unspecified atom stereocenters. The molecule has 0 aliphatic heterocycles. The van der Waals surface area contributed by atoms with Crippen LogP contribution < -0.4 is 0 Å². The van der Waals surface area contributed by atoms with Crippen LogP contribution in [0.3, 0.4) is 0 Å². The molecule has 0 atom stereocenters. The molecule has 6 saturated carbocycles. The van der Waals surface area contributed by atoms with Gasteiger partial charge in [0.25, 0.3) is 0 Å². The fourth-order valence-electron chi connectivity index (χ4n) is 4.43. The maximum atomic E-state index is 12.0. The van der Waals surface area contributed by atoms with Crippen LogP contribution in [-0.2, 0) is 4.79 Å². The molecule has 6 rings (SSSR count). The van der Waals surface area contributed by atoms with Crippen molar-refractivity contribution < 1.29 is 4.79 Å². The van der Waals surface area contributed by atoms with Crippen molar-refractivity contribution in [2.75, 3.05) is 0 Å². The lowest BCUT2D eigenvalue weighted by atomic mass is 9.40. The lowest BCUT2D eigenvalue weighted by molar-refractivity contribution is -0.167. The Morgan fingerprint density at radius 1 is 1.00 bits per heavy atom. The summed E-state index contributed by atoms with van der Waals surface area (Å²) in [4.78, 5) is 12.0. The zero-order valence-electron chi connectivity index (χ0n) is 8.72. The molecule has 6 fully saturated rings. The summed E-state index contributed by atoms with van der Waals surface area (Å²) in [6, 6.07) is 0. The first-order chi connectivity index (χ1) is 6.70. The van der Waals surface area contributed by atoms with Gasteiger partial charge in [-0.1, -0.05) is 0 Å². The summed E-state index contributed by atoms with van der Waals surface area (Å²) in [6.45, 7) is 0. The van der Waals surface area contributed by atoms with Crippen LogP contribution >= 0.6 is 0 Å². The van der Waals surface area contributed by atoms with Gasteiger partial charge in [0.05, 0.1) is 0 Å². The third-order valence-electron chi connectivity index (χ3n) is 5.68. The molecule has 0 amide bonds. The molecule has 76 valence electrons. The smallest absolute Gasteiger partial charge is 0.139 e. The Labute approximate surface area is 85.3 Å². The maximum absolute atomic E-state index is 12.0. The summed E-state index contributed by atoms with van der Waals surface area (Å²) >= 11 is 0. The summed E-state index contributed by atoms with van der Waals surface area (Å²) in [5, 5.41) is 0. The van der Waals surface area contributed by atoms with E-state index in [2.05, 4.69) is 0 Å². The van der Waals surface area contributed by atoms with Crippen molar-refractivity contribution in [3.05, 3.63) is 0 Å². The fraction of sp³-hybridized carbons (Fsp3) is 0.923. The Bertz CT molecular complexity index is 283. The molecule has 0 saturated heterocycles. The van der Waals surface area contributed by atoms with E-state index in [0.717, 1.165) is 18.3 Å². The normalized spacial score (nSPS) is 56.3. The predicted molar refractivity (Wildman–Crippen MR) is 53.8 cm³/mol. The van der Waals surface area contributed by atoms with Crippen LogP contribution in [0.25, 0.3) is 0 Å². The van der Waals surface area contributed by atoms with E-state index in [-0.39, 0.29) is 5.41 Å². The third-order valence-corrected chi connectivity index (χ3v) is 5.68. The maximum Gasteiger partial charge on any atom is 0.139 e. The van der Waals surface area contributed by atoms with Gasteiger partial charge in [-0.3, -0.25) is 4.79 Å². The van der Waals surface area contributed by atoms with Crippen LogP contribution in [0, 0.1) is 22.7 Å². The van der Waals surface area contributed by atoms with Crippen molar-refractivity contribution >= 4 is 5.78 Å². The number of hydrogen-bond acceptors (Lipinski definition) is 1. The van der Waals surface area contributed by atoms with Crippen LogP contribution in [0.4, 0.5) is 0 Å². The minimum absolute atomic E-state index is 0.244. The van der Waals surface area contributed by atoms with Gasteiger partial charge in [-0.05, 0) is 62.2 Å². The van der Waals surface area contributed by atoms with Gasteiger partial charge in [-0.2, -0.15) is 0 Å². The van der Waals surface area contributed by atoms with Gasteiger partial charge >= 0.3 is 0 Å². The first-order valence-electron chi connectivity index (χ1n) is 6.23. The number of hydrogen-bond donors (Lipinski definition) is 0. The highest BCUT2D eigenvalue weighted by molar-refractivity contribution is 5.87. The summed E-state index contributed by atoms with van der Waals surface area (Å²) in [5.41, 5.74) is 0.929. The monoisotopic (exact) mass is 190 g/mol. The van der Waals surface area contributed by atoms with E-state index in [0.29, 0.717) is 11.2 Å². The summed E-state index contributed by atoms with van der Waals surface area (Å²) < 4.78 is 0. The first kappa shape index (κ1) is 7.90. The molecule has 0 aromatic carbocycles. The molecule has 1 nitrogen and oxygen atoms in total. The largest absolute Gasteiger partial charge is 0.299 e. The van der Waals surface area contributed by atoms with Crippen molar-refractivity contribution in [1.82, 2.24) is 0 Å². The number of ketones is 1. The Morgan fingerprint density at radius 2 is 1.57 bits per heavy atom. The molecule has 14 heavy (non-hydrogen) atoms. The average Bonchev–Trinajstić information content (AvgIpc) is 1.72. The molecular weight excluding hydrogens is 172 g/mol. The summed E-state index contributed by atoms with van der Waals surface area (Å²) in [5.74, 6) is 2.65. The molecule has 0 N–H and O–H groups in total. The number of carbonyl (C=O) groups excluding carboxylic acids is 1. The van der Waals surface area contributed by atoms with E-state index >= 15 is 0 Å². The molecule has 1 heteroatoms. The Morgan fingerprint density at radius 3 is 1.93 bits per heavy atom. The van der Waals surface area contributed by atoms with E-state index in [1.165, 1.54) is 44.9 Å². The van der Waals surface area contributed by atoms with Crippen molar-refractivity contribution in [2.24, 2.45) is 22.7 Å². The van der Waals surface area contributed by atoms with Crippen LogP contribution in [0.2, 0.25) is 0 Å². The SMILES string of the molecule is O=C(CCC12CC(C1)C2)C12CC(C1)C2. The van der Waals surface area contributed by atoms with E-state index < -0.39 is 0 Å². The number of Topliss-reactive ketones (excluding diaryl/α,β-unsaturated/α-hetero) is 1. The second-order valence-corrected chi connectivity index (χ2v) is 6.66. The minimum atomic E-state index is 0.244. The zero-order valence-corrected chi connectivity index (χ0v) is 8.72. The Balaban J connectivity index is 1.34. The van der Waals surface area contributed by atoms with Gasteiger partial charge in [-0.25, -0.2) is 0 Å². The molecule has 6 aliphatic carbocycles. The lowest BCUT2D eigenvalue weighted by Crippen LogP contribution is -2.57. The molecule has 0 heterocycles. The summed E-state index contributed by atoms with van der Waals surface area (Å²) in [6.07, 6.45) is 10.3. The van der Waals surface area contributed by atoms with E-state index in [1.54, 1.807) is 0 Å². The van der Waals surface area contributed by atoms with Crippen molar-refractivity contribution in [3.8, 4) is 0 Å². The van der Waals surface area contributed by atoms with Crippen LogP contribution in [0.15, 0.2) is 0 Å². The van der Waals surface area contributed by atoms with Crippen molar-refractivity contribution in [2.45, 2.75) is 51.4 Å². The van der Waals surface area contributed by atoms with Crippen molar-refractivity contribution in [1.29, 1.82) is 0 Å². The second-order valence-electron chi connectivity index (χ2n) is 6.66. The molecule has 0 aromatic heterocycles. The zero-order chi connectivity index (χ0) is 9.39. The topological polar surface area (TPSA) is 17.1 Å². The van der Waals surface area contributed by atoms with Gasteiger partial charge < -0.3 is 0 Å². The van der Waals surface area contributed by atoms with Crippen molar-refractivity contribution in [3.63, 3.8) is 0 Å². The Kier molecular flexibility index (Phi) is 1.18. The third kappa shape index (κ3) is 0.765. The van der Waals surface area contributed by atoms with Gasteiger partial charge in [-0.15, -0.1) is 0 Å². The lowest BCUT2D eigenvalue weighted by Gasteiger charge is -2.63. The summed E-state index contributed by atoms with van der Waals surface area (Å²) in [7, 11) is 0. The molecule has 0 spiro atoms. The van der Waals surface area contributed by atoms with Gasteiger partial charge in [0, 0.05) is 11.8 Å². The molecule has 0 aromatic rings. The average molecular weight is 190 g/mol. The van der Waals surface area contributed by atoms with Gasteiger partial charge in [0.2, 0.25) is 0 Å². The molecular formula is C13H18O. The minimum Gasteiger partial charge on any atom is -0.299 e. The van der Waals surface area contributed by atoms with Gasteiger partial charge in [0.1, 0.15) is 5.78 Å². The second kappa shape index (κ2) is 2.10. The van der Waals surface area contributed by atoms with Crippen LogP contribution in [0.1, 0.15) is 51.4 Å².